The second-order valence-corrected chi connectivity index (χ2v) is 7.13. The Kier molecular flexibility index (Phi) is 4.38. The van der Waals surface area contributed by atoms with Gasteiger partial charge in [0.1, 0.15) is 17.2 Å². The van der Waals surface area contributed by atoms with Gasteiger partial charge < -0.3 is 5.32 Å². The molecule has 0 radical (unpaired) electrons. The summed E-state index contributed by atoms with van der Waals surface area (Å²) < 4.78 is 2.09. The Balaban J connectivity index is 1.86. The third-order valence-corrected chi connectivity index (χ3v) is 5.31. The molecule has 1 N–H and O–H groups in total. The van der Waals surface area contributed by atoms with Crippen molar-refractivity contribution in [2.24, 2.45) is 0 Å². The van der Waals surface area contributed by atoms with E-state index in [1.807, 2.05) is 42.6 Å². The molecule has 3 nitrogen and oxygen atoms in total. The SMILES string of the molecule is Clc1cccc(Cl)c1-c1nc2ccccn2c1NC1CCCCC1. The molecule has 0 bridgehead atoms. The van der Waals surface area contributed by atoms with Crippen LogP contribution in [-0.4, -0.2) is 15.4 Å². The molecule has 0 unspecified atom stereocenters. The zero-order valence-corrected chi connectivity index (χ0v) is 14.8. The van der Waals surface area contributed by atoms with Crippen molar-refractivity contribution in [2.45, 2.75) is 38.1 Å². The number of pyridine rings is 1. The number of rotatable bonds is 3. The van der Waals surface area contributed by atoms with Gasteiger partial charge in [0.25, 0.3) is 0 Å². The number of hydrogen-bond donors (Lipinski definition) is 1. The highest BCUT2D eigenvalue weighted by molar-refractivity contribution is 6.39. The molecule has 5 heteroatoms. The van der Waals surface area contributed by atoms with Gasteiger partial charge in [0.15, 0.2) is 0 Å². The number of imidazole rings is 1. The average Bonchev–Trinajstić information content (AvgIpc) is 2.94. The van der Waals surface area contributed by atoms with Gasteiger partial charge >= 0.3 is 0 Å². The molecule has 0 atom stereocenters. The summed E-state index contributed by atoms with van der Waals surface area (Å²) in [6, 6.07) is 12.1. The molecule has 2 aromatic heterocycles. The molecule has 1 fully saturated rings. The van der Waals surface area contributed by atoms with E-state index in [9.17, 15) is 0 Å². The molecule has 1 aliphatic rings. The largest absolute Gasteiger partial charge is 0.367 e. The van der Waals surface area contributed by atoms with E-state index >= 15 is 0 Å². The standard InChI is InChI=1S/C19H19Cl2N3/c20-14-9-6-10-15(21)17(14)18-19(22-13-7-2-1-3-8-13)24-12-5-4-11-16(24)23-18/h4-6,9-13,22H,1-3,7-8H2. The minimum atomic E-state index is 0.471. The Labute approximate surface area is 151 Å². The maximum atomic E-state index is 6.44. The summed E-state index contributed by atoms with van der Waals surface area (Å²) in [4.78, 5) is 4.80. The Morgan fingerprint density at radius 3 is 2.46 bits per heavy atom. The van der Waals surface area contributed by atoms with E-state index in [1.54, 1.807) is 0 Å². The Morgan fingerprint density at radius 1 is 0.958 bits per heavy atom. The zero-order chi connectivity index (χ0) is 16.5. The van der Waals surface area contributed by atoms with Crippen molar-refractivity contribution >= 4 is 34.7 Å². The topological polar surface area (TPSA) is 29.3 Å². The van der Waals surface area contributed by atoms with Crippen molar-refractivity contribution in [1.82, 2.24) is 9.38 Å². The van der Waals surface area contributed by atoms with Crippen LogP contribution in [-0.2, 0) is 0 Å². The monoisotopic (exact) mass is 359 g/mol. The zero-order valence-electron chi connectivity index (χ0n) is 13.3. The molecule has 3 aromatic rings. The van der Waals surface area contributed by atoms with Crippen molar-refractivity contribution in [3.63, 3.8) is 0 Å². The van der Waals surface area contributed by atoms with Crippen molar-refractivity contribution < 1.29 is 0 Å². The molecule has 0 amide bonds. The summed E-state index contributed by atoms with van der Waals surface area (Å²) in [5, 5.41) is 4.95. The van der Waals surface area contributed by atoms with Gasteiger partial charge in [0, 0.05) is 17.8 Å². The summed E-state index contributed by atoms with van der Waals surface area (Å²) in [5.74, 6) is 0.979. The van der Waals surface area contributed by atoms with Gasteiger partial charge in [-0.2, -0.15) is 0 Å². The summed E-state index contributed by atoms with van der Waals surface area (Å²) in [6.45, 7) is 0. The maximum Gasteiger partial charge on any atom is 0.139 e. The van der Waals surface area contributed by atoms with Crippen LogP contribution < -0.4 is 5.32 Å². The van der Waals surface area contributed by atoms with Gasteiger partial charge in [0.05, 0.1) is 10.0 Å². The Bertz CT molecular complexity index is 846. The molecule has 2 heterocycles. The molecule has 0 saturated heterocycles. The highest BCUT2D eigenvalue weighted by atomic mass is 35.5. The van der Waals surface area contributed by atoms with Crippen molar-refractivity contribution in [3.05, 3.63) is 52.6 Å². The lowest BCUT2D eigenvalue weighted by Crippen LogP contribution is -2.23. The normalized spacial score (nSPS) is 15.8. The predicted molar refractivity (Wildman–Crippen MR) is 101 cm³/mol. The highest BCUT2D eigenvalue weighted by Crippen LogP contribution is 2.39. The third kappa shape index (κ3) is 2.87. The van der Waals surface area contributed by atoms with Crippen LogP contribution in [0.1, 0.15) is 32.1 Å². The van der Waals surface area contributed by atoms with Crippen LogP contribution in [0.2, 0.25) is 10.0 Å². The number of nitrogens with one attached hydrogen (secondary N) is 1. The summed E-state index contributed by atoms with van der Waals surface area (Å²) in [7, 11) is 0. The number of halogens is 2. The predicted octanol–water partition coefficient (Wildman–Crippen LogP) is 6.05. The highest BCUT2D eigenvalue weighted by Gasteiger charge is 2.22. The first kappa shape index (κ1) is 15.8. The quantitative estimate of drug-likeness (QED) is 0.616. The van der Waals surface area contributed by atoms with Crippen molar-refractivity contribution in [2.75, 3.05) is 5.32 Å². The molecule has 4 rings (SSSR count). The molecular formula is C19H19Cl2N3. The molecular weight excluding hydrogens is 341 g/mol. The fourth-order valence-corrected chi connectivity index (χ4v) is 4.05. The van der Waals surface area contributed by atoms with E-state index in [1.165, 1.54) is 32.1 Å². The lowest BCUT2D eigenvalue weighted by Gasteiger charge is -2.24. The maximum absolute atomic E-state index is 6.44. The molecule has 1 aliphatic carbocycles. The average molecular weight is 360 g/mol. The van der Waals surface area contributed by atoms with Gasteiger partial charge in [-0.15, -0.1) is 0 Å². The number of anilines is 1. The van der Waals surface area contributed by atoms with Crippen LogP contribution >= 0.6 is 23.2 Å². The Morgan fingerprint density at radius 2 is 1.71 bits per heavy atom. The second-order valence-electron chi connectivity index (χ2n) is 6.31. The van der Waals surface area contributed by atoms with Crippen molar-refractivity contribution in [3.8, 4) is 11.3 Å². The Hall–Kier alpha value is -1.71. The number of fused-ring (bicyclic) bond motifs is 1. The van der Waals surface area contributed by atoms with Crippen LogP contribution in [0, 0.1) is 0 Å². The van der Waals surface area contributed by atoms with Crippen LogP contribution in [0.25, 0.3) is 16.9 Å². The second kappa shape index (κ2) is 6.66. The van der Waals surface area contributed by atoms with Crippen molar-refractivity contribution in [1.29, 1.82) is 0 Å². The molecule has 1 saturated carbocycles. The fraction of sp³-hybridized carbons (Fsp3) is 0.316. The first-order chi connectivity index (χ1) is 11.7. The number of nitrogens with zero attached hydrogens (tertiary/aromatic N) is 2. The summed E-state index contributed by atoms with van der Waals surface area (Å²) in [6.07, 6.45) is 8.29. The van der Waals surface area contributed by atoms with E-state index in [2.05, 4.69) is 9.72 Å². The number of benzene rings is 1. The van der Waals surface area contributed by atoms with E-state index in [0.29, 0.717) is 16.1 Å². The lowest BCUT2D eigenvalue weighted by atomic mass is 9.95. The lowest BCUT2D eigenvalue weighted by molar-refractivity contribution is 0.462. The van der Waals surface area contributed by atoms with E-state index < -0.39 is 0 Å². The van der Waals surface area contributed by atoms with Crippen LogP contribution in [0.15, 0.2) is 42.6 Å². The van der Waals surface area contributed by atoms with Gasteiger partial charge in [-0.25, -0.2) is 4.98 Å². The van der Waals surface area contributed by atoms with Gasteiger partial charge in [-0.1, -0.05) is 54.6 Å². The molecule has 124 valence electrons. The molecule has 0 aliphatic heterocycles. The van der Waals surface area contributed by atoms with Gasteiger partial charge in [-0.05, 0) is 37.1 Å². The third-order valence-electron chi connectivity index (χ3n) is 4.68. The summed E-state index contributed by atoms with van der Waals surface area (Å²) >= 11 is 12.9. The molecule has 0 spiro atoms. The number of aromatic nitrogens is 2. The van der Waals surface area contributed by atoms with E-state index in [4.69, 9.17) is 28.2 Å². The smallest absolute Gasteiger partial charge is 0.139 e. The minimum Gasteiger partial charge on any atom is -0.367 e. The first-order valence-electron chi connectivity index (χ1n) is 8.42. The van der Waals surface area contributed by atoms with E-state index in [0.717, 1.165) is 22.7 Å². The summed E-state index contributed by atoms with van der Waals surface area (Å²) in [5.41, 5.74) is 2.51. The minimum absolute atomic E-state index is 0.471. The molecule has 24 heavy (non-hydrogen) atoms. The van der Waals surface area contributed by atoms with Crippen LogP contribution in [0.3, 0.4) is 0 Å². The van der Waals surface area contributed by atoms with Crippen LogP contribution in [0.5, 0.6) is 0 Å². The molecule has 1 aromatic carbocycles. The van der Waals surface area contributed by atoms with E-state index in [-0.39, 0.29) is 0 Å². The first-order valence-corrected chi connectivity index (χ1v) is 9.17. The van der Waals surface area contributed by atoms with Crippen LogP contribution in [0.4, 0.5) is 5.82 Å². The number of hydrogen-bond acceptors (Lipinski definition) is 2. The van der Waals surface area contributed by atoms with Gasteiger partial charge in [0.2, 0.25) is 0 Å². The fourth-order valence-electron chi connectivity index (χ4n) is 3.47. The van der Waals surface area contributed by atoms with Gasteiger partial charge in [-0.3, -0.25) is 4.40 Å².